The number of aliphatic carboxylic acids is 1. The number of hydrogen-bond acceptors (Lipinski definition) is 4. The van der Waals surface area contributed by atoms with Crippen molar-refractivity contribution in [1.82, 2.24) is 10.2 Å². The first-order chi connectivity index (χ1) is 18.0. The van der Waals surface area contributed by atoms with Crippen molar-refractivity contribution >= 4 is 23.6 Å². The zero-order chi connectivity index (χ0) is 27.4. The predicted octanol–water partition coefficient (Wildman–Crippen LogP) is 5.35. The van der Waals surface area contributed by atoms with Crippen LogP contribution < -0.4 is 15.0 Å². The summed E-state index contributed by atoms with van der Waals surface area (Å²) >= 11 is 0. The molecule has 2 aliphatic rings. The van der Waals surface area contributed by atoms with Crippen LogP contribution in [0.3, 0.4) is 0 Å². The van der Waals surface area contributed by atoms with Gasteiger partial charge in [0.1, 0.15) is 5.75 Å². The lowest BCUT2D eigenvalue weighted by molar-refractivity contribution is -0.274. The third-order valence-electron chi connectivity index (χ3n) is 7.09. The van der Waals surface area contributed by atoms with Gasteiger partial charge in [-0.1, -0.05) is 19.1 Å². The van der Waals surface area contributed by atoms with Gasteiger partial charge in [-0.3, -0.25) is 14.5 Å². The molecule has 8 nitrogen and oxygen atoms in total. The maximum absolute atomic E-state index is 13.7. The standard InChI is InChI=1S/C27H30F3N3O5/c1-17-2-8-21(9-3-17)33-23(18-4-6-19(7-5-18)25(36)31-15-14-24(34)35)16-32(26(33)37)20-10-12-22(13-11-20)38-27(28,29)30/h4-7,10-13,17,21,23H,2-3,8-9,14-16H2,1H3,(H,31,36)(H,34,35). The molecule has 1 unspecified atom stereocenters. The molecule has 1 heterocycles. The fraction of sp³-hybridized carbons (Fsp3) is 0.444. The minimum absolute atomic E-state index is 0.0166. The summed E-state index contributed by atoms with van der Waals surface area (Å²) < 4.78 is 41.6. The van der Waals surface area contributed by atoms with E-state index in [1.807, 2.05) is 4.90 Å². The Morgan fingerprint density at radius 2 is 1.66 bits per heavy atom. The van der Waals surface area contributed by atoms with Crippen molar-refractivity contribution in [3.63, 3.8) is 0 Å². The second-order valence-corrected chi connectivity index (χ2v) is 9.79. The van der Waals surface area contributed by atoms with Crippen LogP contribution >= 0.6 is 0 Å². The number of carboxylic acids is 1. The second-order valence-electron chi connectivity index (χ2n) is 9.79. The molecule has 1 aliphatic heterocycles. The van der Waals surface area contributed by atoms with Gasteiger partial charge in [-0.2, -0.15) is 0 Å². The van der Waals surface area contributed by atoms with Crippen LogP contribution in [-0.2, 0) is 4.79 Å². The molecular weight excluding hydrogens is 503 g/mol. The normalized spacial score (nSPS) is 21.9. The number of ether oxygens (including phenoxy) is 1. The molecule has 0 spiro atoms. The number of alkyl halides is 3. The zero-order valence-corrected chi connectivity index (χ0v) is 20.9. The Bertz CT molecular complexity index is 1150. The molecule has 2 aromatic rings. The average Bonchev–Trinajstić information content (AvgIpc) is 3.21. The Kier molecular flexibility index (Phi) is 8.13. The van der Waals surface area contributed by atoms with Gasteiger partial charge in [-0.25, -0.2) is 4.79 Å². The average molecular weight is 534 g/mol. The lowest BCUT2D eigenvalue weighted by Crippen LogP contribution is -2.42. The highest BCUT2D eigenvalue weighted by molar-refractivity contribution is 5.96. The summed E-state index contributed by atoms with van der Waals surface area (Å²) in [6, 6.07) is 11.6. The Balaban J connectivity index is 1.55. The van der Waals surface area contributed by atoms with Crippen molar-refractivity contribution < 1.29 is 37.4 Å². The molecule has 204 valence electrons. The van der Waals surface area contributed by atoms with Crippen LogP contribution in [0.25, 0.3) is 0 Å². The monoisotopic (exact) mass is 533 g/mol. The molecule has 0 aromatic heterocycles. The van der Waals surface area contributed by atoms with Crippen LogP contribution in [0, 0.1) is 5.92 Å². The van der Waals surface area contributed by atoms with E-state index in [2.05, 4.69) is 17.0 Å². The van der Waals surface area contributed by atoms with Crippen molar-refractivity contribution in [2.45, 2.75) is 57.5 Å². The number of carbonyl (C=O) groups excluding carboxylic acids is 2. The number of rotatable bonds is 8. The molecule has 38 heavy (non-hydrogen) atoms. The Morgan fingerprint density at radius 1 is 1.03 bits per heavy atom. The largest absolute Gasteiger partial charge is 0.573 e. The molecule has 3 amide bonds. The fourth-order valence-electron chi connectivity index (χ4n) is 5.09. The lowest BCUT2D eigenvalue weighted by atomic mass is 9.86. The van der Waals surface area contributed by atoms with Crippen molar-refractivity contribution in [2.24, 2.45) is 5.92 Å². The van der Waals surface area contributed by atoms with Crippen molar-refractivity contribution in [1.29, 1.82) is 0 Å². The van der Waals surface area contributed by atoms with Crippen molar-refractivity contribution in [3.8, 4) is 5.75 Å². The van der Waals surface area contributed by atoms with Gasteiger partial charge >= 0.3 is 18.4 Å². The number of anilines is 1. The highest BCUT2D eigenvalue weighted by Crippen LogP contribution is 2.39. The summed E-state index contributed by atoms with van der Waals surface area (Å²) in [4.78, 5) is 40.1. The highest BCUT2D eigenvalue weighted by atomic mass is 19.4. The summed E-state index contributed by atoms with van der Waals surface area (Å²) in [6.45, 7) is 2.51. The zero-order valence-electron chi connectivity index (χ0n) is 20.9. The van der Waals surface area contributed by atoms with E-state index in [0.717, 1.165) is 31.2 Å². The van der Waals surface area contributed by atoms with Gasteiger partial charge < -0.3 is 20.1 Å². The molecule has 11 heteroatoms. The number of hydrogen-bond donors (Lipinski definition) is 2. The molecule has 2 N–H and O–H groups in total. The summed E-state index contributed by atoms with van der Waals surface area (Å²) in [6.07, 6.45) is -1.26. The number of carbonyl (C=O) groups is 3. The Labute approximate surface area is 218 Å². The molecule has 4 rings (SSSR count). The number of benzene rings is 2. The van der Waals surface area contributed by atoms with Crippen LogP contribution in [-0.4, -0.2) is 53.4 Å². The summed E-state index contributed by atoms with van der Waals surface area (Å²) in [7, 11) is 0. The summed E-state index contributed by atoms with van der Waals surface area (Å²) in [5.74, 6) is -1.17. The summed E-state index contributed by atoms with van der Waals surface area (Å²) in [5.41, 5.74) is 1.67. The number of nitrogens with one attached hydrogen (secondary N) is 1. The molecule has 1 atom stereocenters. The SMILES string of the molecule is CC1CCC(N2C(=O)N(c3ccc(OC(F)(F)F)cc3)CC2c2ccc(C(=O)NCCC(=O)O)cc2)CC1. The van der Waals surface area contributed by atoms with Crippen LogP contribution in [0.2, 0.25) is 0 Å². The molecule has 2 fully saturated rings. The van der Waals surface area contributed by atoms with E-state index >= 15 is 0 Å². The molecule has 0 radical (unpaired) electrons. The minimum atomic E-state index is -4.80. The van der Waals surface area contributed by atoms with E-state index in [1.54, 1.807) is 29.2 Å². The number of nitrogens with zero attached hydrogens (tertiary/aromatic N) is 2. The molecule has 0 bridgehead atoms. The van der Waals surface area contributed by atoms with E-state index in [0.29, 0.717) is 23.7 Å². The lowest BCUT2D eigenvalue weighted by Gasteiger charge is -2.36. The van der Waals surface area contributed by atoms with E-state index in [9.17, 15) is 27.6 Å². The molecule has 1 aliphatic carbocycles. The second kappa shape index (κ2) is 11.3. The first-order valence-corrected chi connectivity index (χ1v) is 12.6. The number of amides is 3. The molecule has 2 aromatic carbocycles. The van der Waals surface area contributed by atoms with Gasteiger partial charge in [0, 0.05) is 23.8 Å². The molecule has 1 saturated heterocycles. The van der Waals surface area contributed by atoms with Gasteiger partial charge in [0.25, 0.3) is 5.91 Å². The van der Waals surface area contributed by atoms with Crippen LogP contribution in [0.1, 0.15) is 61.0 Å². The van der Waals surface area contributed by atoms with E-state index < -0.39 is 12.3 Å². The number of halogens is 3. The van der Waals surface area contributed by atoms with Gasteiger partial charge in [0.05, 0.1) is 19.0 Å². The topological polar surface area (TPSA) is 99.2 Å². The quantitative estimate of drug-likeness (QED) is 0.477. The third-order valence-corrected chi connectivity index (χ3v) is 7.09. The van der Waals surface area contributed by atoms with E-state index in [1.165, 1.54) is 24.3 Å². The Morgan fingerprint density at radius 3 is 2.24 bits per heavy atom. The number of carboxylic acid groups (broad SMARTS) is 1. The first kappa shape index (κ1) is 27.3. The van der Waals surface area contributed by atoms with Crippen molar-refractivity contribution in [2.75, 3.05) is 18.0 Å². The third kappa shape index (κ3) is 6.56. The van der Waals surface area contributed by atoms with E-state index in [4.69, 9.17) is 5.11 Å². The smallest absolute Gasteiger partial charge is 0.481 e. The molecular formula is C27H30F3N3O5. The minimum Gasteiger partial charge on any atom is -0.481 e. The molecule has 1 saturated carbocycles. The highest BCUT2D eigenvalue weighted by Gasteiger charge is 2.43. The van der Waals surface area contributed by atoms with Crippen LogP contribution in [0.4, 0.5) is 23.7 Å². The maximum atomic E-state index is 13.7. The maximum Gasteiger partial charge on any atom is 0.573 e. The predicted molar refractivity (Wildman–Crippen MR) is 133 cm³/mol. The Hall–Kier alpha value is -3.76. The summed E-state index contributed by atoms with van der Waals surface area (Å²) in [5, 5.41) is 11.3. The van der Waals surface area contributed by atoms with Crippen LogP contribution in [0.5, 0.6) is 5.75 Å². The van der Waals surface area contributed by atoms with Gasteiger partial charge in [-0.15, -0.1) is 13.2 Å². The van der Waals surface area contributed by atoms with Crippen LogP contribution in [0.15, 0.2) is 48.5 Å². The van der Waals surface area contributed by atoms with Gasteiger partial charge in [0.15, 0.2) is 0 Å². The van der Waals surface area contributed by atoms with Crippen molar-refractivity contribution in [3.05, 3.63) is 59.7 Å². The van der Waals surface area contributed by atoms with E-state index in [-0.39, 0.29) is 42.7 Å². The van der Waals surface area contributed by atoms with Gasteiger partial charge in [0.2, 0.25) is 0 Å². The fourth-order valence-corrected chi connectivity index (χ4v) is 5.09. The first-order valence-electron chi connectivity index (χ1n) is 12.6. The van der Waals surface area contributed by atoms with Gasteiger partial charge in [-0.05, 0) is 73.6 Å². The number of urea groups is 1.